The van der Waals surface area contributed by atoms with E-state index in [0.717, 1.165) is 38.0 Å². The Kier molecular flexibility index (Phi) is 3.93. The summed E-state index contributed by atoms with van der Waals surface area (Å²) in [6.45, 7) is 1.94. The Hall–Kier alpha value is -0.900. The summed E-state index contributed by atoms with van der Waals surface area (Å²) in [5, 5.41) is 7.36. The molecule has 1 atom stereocenters. The van der Waals surface area contributed by atoms with Gasteiger partial charge in [-0.15, -0.1) is 0 Å². The van der Waals surface area contributed by atoms with Crippen molar-refractivity contribution in [3.63, 3.8) is 0 Å². The molecule has 4 heteroatoms. The van der Waals surface area contributed by atoms with E-state index in [1.165, 1.54) is 0 Å². The highest BCUT2D eigenvalue weighted by molar-refractivity contribution is 5.00. The zero-order chi connectivity index (χ0) is 11.4. The van der Waals surface area contributed by atoms with Crippen LogP contribution in [0.25, 0.3) is 0 Å². The summed E-state index contributed by atoms with van der Waals surface area (Å²) < 4.78 is 15.8. The van der Waals surface area contributed by atoms with Crippen LogP contribution in [0, 0.1) is 5.92 Å². The number of hydrogen-bond acceptors (Lipinski definition) is 2. The minimum absolute atomic E-state index is 0.259. The molecular weight excluding hydrogens is 205 g/mol. The Balaban J connectivity index is 1.78. The van der Waals surface area contributed by atoms with Crippen LogP contribution in [-0.4, -0.2) is 29.0 Å². The fraction of sp³-hybridized carbons (Fsp3) is 0.750. The zero-order valence-corrected chi connectivity index (χ0v) is 9.82. The first-order valence-corrected chi connectivity index (χ1v) is 6.09. The van der Waals surface area contributed by atoms with Crippen LogP contribution in [0.4, 0.5) is 4.39 Å². The van der Waals surface area contributed by atoms with E-state index in [9.17, 15) is 4.39 Å². The highest BCUT2D eigenvalue weighted by atomic mass is 19.1. The van der Waals surface area contributed by atoms with E-state index in [4.69, 9.17) is 0 Å². The van der Waals surface area contributed by atoms with E-state index in [0.29, 0.717) is 6.42 Å². The summed E-state index contributed by atoms with van der Waals surface area (Å²) in [4.78, 5) is 0. The van der Waals surface area contributed by atoms with Gasteiger partial charge in [-0.1, -0.05) is 0 Å². The van der Waals surface area contributed by atoms with E-state index >= 15 is 0 Å². The van der Waals surface area contributed by atoms with Gasteiger partial charge in [-0.2, -0.15) is 5.10 Å². The van der Waals surface area contributed by atoms with E-state index in [2.05, 4.69) is 10.4 Å². The smallest absolute Gasteiger partial charge is 0.103 e. The maximum absolute atomic E-state index is 14.0. The molecule has 0 spiro atoms. The van der Waals surface area contributed by atoms with Crippen LogP contribution in [0.2, 0.25) is 0 Å². The summed E-state index contributed by atoms with van der Waals surface area (Å²) >= 11 is 0. The first-order chi connectivity index (χ1) is 7.77. The Morgan fingerprint density at radius 2 is 2.31 bits per heavy atom. The van der Waals surface area contributed by atoms with E-state index in [-0.39, 0.29) is 5.92 Å². The molecule has 0 aliphatic carbocycles. The largest absolute Gasteiger partial charge is 0.317 e. The lowest BCUT2D eigenvalue weighted by molar-refractivity contribution is 0.177. The van der Waals surface area contributed by atoms with Gasteiger partial charge in [-0.05, 0) is 50.8 Å². The topological polar surface area (TPSA) is 29.9 Å². The first kappa shape index (κ1) is 11.6. The van der Waals surface area contributed by atoms with Crippen LogP contribution < -0.4 is 5.32 Å². The van der Waals surface area contributed by atoms with Crippen LogP contribution in [0.5, 0.6) is 0 Å². The molecule has 0 saturated carbocycles. The molecule has 0 radical (unpaired) electrons. The SMILES string of the molecule is Cn1nccc1CCC(F)C1CCNCC1. The molecule has 1 N–H and O–H groups in total. The molecule has 0 bridgehead atoms. The van der Waals surface area contributed by atoms with E-state index < -0.39 is 6.17 Å². The number of hydrogen-bond donors (Lipinski definition) is 1. The zero-order valence-electron chi connectivity index (χ0n) is 9.82. The van der Waals surface area contributed by atoms with Crippen molar-refractivity contribution in [1.29, 1.82) is 0 Å². The van der Waals surface area contributed by atoms with Gasteiger partial charge in [-0.3, -0.25) is 4.68 Å². The standard InChI is InChI=1S/C12H20FN3/c1-16-11(6-9-15-16)2-3-12(13)10-4-7-14-8-5-10/h6,9-10,12,14H,2-5,7-8H2,1H3. The summed E-state index contributed by atoms with van der Waals surface area (Å²) in [7, 11) is 1.91. The molecule has 1 aromatic rings. The predicted octanol–water partition coefficient (Wildman–Crippen LogP) is 1.69. The second-order valence-corrected chi connectivity index (χ2v) is 4.59. The number of halogens is 1. The summed E-state index contributed by atoms with van der Waals surface area (Å²) in [5.41, 5.74) is 1.12. The third-order valence-electron chi connectivity index (χ3n) is 3.49. The van der Waals surface area contributed by atoms with Crippen LogP contribution in [0.3, 0.4) is 0 Å². The van der Waals surface area contributed by atoms with Gasteiger partial charge in [0.2, 0.25) is 0 Å². The lowest BCUT2D eigenvalue weighted by Gasteiger charge is -2.25. The Labute approximate surface area is 96.0 Å². The summed E-state index contributed by atoms with van der Waals surface area (Å²) in [6.07, 6.45) is 4.50. The number of aromatic nitrogens is 2. The number of rotatable bonds is 4. The van der Waals surface area contributed by atoms with Crippen molar-refractivity contribution in [1.82, 2.24) is 15.1 Å². The molecule has 1 aliphatic rings. The van der Waals surface area contributed by atoms with Crippen LogP contribution in [0.15, 0.2) is 12.3 Å². The lowest BCUT2D eigenvalue weighted by Crippen LogP contribution is -2.32. The maximum Gasteiger partial charge on any atom is 0.103 e. The van der Waals surface area contributed by atoms with Gasteiger partial charge in [0.05, 0.1) is 0 Å². The third-order valence-corrected chi connectivity index (χ3v) is 3.49. The summed E-state index contributed by atoms with van der Waals surface area (Å²) in [5.74, 6) is 0.259. The quantitative estimate of drug-likeness (QED) is 0.845. The fourth-order valence-electron chi connectivity index (χ4n) is 2.37. The van der Waals surface area contributed by atoms with Crippen molar-refractivity contribution >= 4 is 0 Å². The summed E-state index contributed by atoms with van der Waals surface area (Å²) in [6, 6.07) is 1.97. The second kappa shape index (κ2) is 5.43. The second-order valence-electron chi connectivity index (χ2n) is 4.59. The molecule has 1 aromatic heterocycles. The van der Waals surface area contributed by atoms with Gasteiger partial charge >= 0.3 is 0 Å². The molecule has 2 heterocycles. The fourth-order valence-corrected chi connectivity index (χ4v) is 2.37. The molecule has 0 aromatic carbocycles. The predicted molar refractivity (Wildman–Crippen MR) is 62.0 cm³/mol. The Morgan fingerprint density at radius 3 is 2.94 bits per heavy atom. The number of piperidine rings is 1. The minimum atomic E-state index is -0.656. The molecule has 1 fully saturated rings. The van der Waals surface area contributed by atoms with E-state index in [1.54, 1.807) is 6.20 Å². The van der Waals surface area contributed by atoms with Gasteiger partial charge in [0, 0.05) is 18.9 Å². The van der Waals surface area contributed by atoms with Crippen molar-refractivity contribution in [2.45, 2.75) is 31.9 Å². The average Bonchev–Trinajstić information content (AvgIpc) is 2.73. The lowest BCUT2D eigenvalue weighted by atomic mass is 9.90. The maximum atomic E-state index is 14.0. The van der Waals surface area contributed by atoms with Crippen molar-refractivity contribution in [3.8, 4) is 0 Å². The number of aryl methyl sites for hydroxylation is 2. The van der Waals surface area contributed by atoms with Crippen molar-refractivity contribution in [3.05, 3.63) is 18.0 Å². The van der Waals surface area contributed by atoms with E-state index in [1.807, 2.05) is 17.8 Å². The van der Waals surface area contributed by atoms with Crippen LogP contribution >= 0.6 is 0 Å². The van der Waals surface area contributed by atoms with Gasteiger partial charge in [0.1, 0.15) is 6.17 Å². The van der Waals surface area contributed by atoms with Crippen molar-refractivity contribution in [2.75, 3.05) is 13.1 Å². The molecule has 1 aliphatic heterocycles. The molecule has 3 nitrogen and oxygen atoms in total. The Bertz CT molecular complexity index is 318. The molecule has 1 unspecified atom stereocenters. The average molecular weight is 225 g/mol. The molecule has 2 rings (SSSR count). The van der Waals surface area contributed by atoms with Gasteiger partial charge in [-0.25, -0.2) is 4.39 Å². The normalized spacial score (nSPS) is 19.9. The van der Waals surface area contributed by atoms with Gasteiger partial charge in [0.25, 0.3) is 0 Å². The monoisotopic (exact) mass is 225 g/mol. The molecular formula is C12H20FN3. The molecule has 16 heavy (non-hydrogen) atoms. The minimum Gasteiger partial charge on any atom is -0.317 e. The molecule has 90 valence electrons. The van der Waals surface area contributed by atoms with Crippen LogP contribution in [-0.2, 0) is 13.5 Å². The number of alkyl halides is 1. The Morgan fingerprint density at radius 1 is 1.56 bits per heavy atom. The number of nitrogens with one attached hydrogen (secondary N) is 1. The third kappa shape index (κ3) is 2.82. The van der Waals surface area contributed by atoms with Gasteiger partial charge in [0.15, 0.2) is 0 Å². The van der Waals surface area contributed by atoms with Gasteiger partial charge < -0.3 is 5.32 Å². The van der Waals surface area contributed by atoms with Crippen molar-refractivity contribution in [2.24, 2.45) is 13.0 Å². The van der Waals surface area contributed by atoms with Crippen molar-refractivity contribution < 1.29 is 4.39 Å². The number of nitrogens with zero attached hydrogens (tertiary/aromatic N) is 2. The molecule has 1 saturated heterocycles. The first-order valence-electron chi connectivity index (χ1n) is 6.09. The highest BCUT2D eigenvalue weighted by Gasteiger charge is 2.22. The van der Waals surface area contributed by atoms with Crippen LogP contribution in [0.1, 0.15) is 25.0 Å². The highest BCUT2D eigenvalue weighted by Crippen LogP contribution is 2.22. The molecule has 0 amide bonds.